The molecule has 1 aromatic heterocycles. The second kappa shape index (κ2) is 5.66. The summed E-state index contributed by atoms with van der Waals surface area (Å²) in [5.74, 6) is 0.948. The molecule has 2 rings (SSSR count). The molecule has 2 nitrogen and oxygen atoms in total. The van der Waals surface area contributed by atoms with Gasteiger partial charge in [0.1, 0.15) is 0 Å². The average Bonchev–Trinajstić information content (AvgIpc) is 2.54. The molecule has 0 aromatic carbocycles. The number of thiol groups is 1. The van der Waals surface area contributed by atoms with Gasteiger partial charge in [-0.15, -0.1) is 0 Å². The van der Waals surface area contributed by atoms with Gasteiger partial charge in [0, 0.05) is 12.7 Å². The zero-order valence-corrected chi connectivity index (χ0v) is 12.1. The van der Waals surface area contributed by atoms with E-state index in [1.807, 2.05) is 17.8 Å². The highest BCUT2D eigenvalue weighted by Crippen LogP contribution is 2.37. The van der Waals surface area contributed by atoms with Crippen molar-refractivity contribution in [3.63, 3.8) is 0 Å². The van der Waals surface area contributed by atoms with Gasteiger partial charge in [-0.1, -0.05) is 37.3 Å². The molecular formula is C13H21ClN2S. The number of nitrogens with zero attached hydrogens (tertiary/aromatic N) is 2. The Bertz CT molecular complexity index is 348. The molecule has 1 aromatic rings. The van der Waals surface area contributed by atoms with Crippen molar-refractivity contribution in [2.45, 2.75) is 52.0 Å². The molecule has 0 atom stereocenters. The molecule has 0 saturated heterocycles. The predicted octanol–water partition coefficient (Wildman–Crippen LogP) is 4.12. The van der Waals surface area contributed by atoms with Crippen LogP contribution in [0.5, 0.6) is 0 Å². The van der Waals surface area contributed by atoms with E-state index in [0.29, 0.717) is 5.41 Å². The van der Waals surface area contributed by atoms with Gasteiger partial charge in [0.15, 0.2) is 0 Å². The summed E-state index contributed by atoms with van der Waals surface area (Å²) in [4.78, 5) is 0. The predicted molar refractivity (Wildman–Crippen MR) is 76.0 cm³/mol. The molecule has 0 amide bonds. The molecule has 1 saturated carbocycles. The van der Waals surface area contributed by atoms with E-state index >= 15 is 0 Å². The molecule has 1 heterocycles. The van der Waals surface area contributed by atoms with Gasteiger partial charge in [0.05, 0.1) is 10.7 Å². The molecule has 96 valence electrons. The van der Waals surface area contributed by atoms with Crippen molar-refractivity contribution in [2.75, 3.05) is 5.75 Å². The molecular weight excluding hydrogens is 252 g/mol. The SMILES string of the molecule is Cc1nn(CC2(CS)CCCCCC2)cc1Cl. The first-order valence-electron chi connectivity index (χ1n) is 6.46. The molecule has 0 N–H and O–H groups in total. The van der Waals surface area contributed by atoms with Crippen LogP contribution in [-0.2, 0) is 6.54 Å². The zero-order chi connectivity index (χ0) is 12.3. The van der Waals surface area contributed by atoms with Crippen LogP contribution in [0.2, 0.25) is 5.02 Å². The van der Waals surface area contributed by atoms with Gasteiger partial charge in [-0.3, -0.25) is 4.68 Å². The van der Waals surface area contributed by atoms with E-state index in [2.05, 4.69) is 17.7 Å². The van der Waals surface area contributed by atoms with E-state index < -0.39 is 0 Å². The van der Waals surface area contributed by atoms with Crippen LogP contribution in [-0.4, -0.2) is 15.5 Å². The topological polar surface area (TPSA) is 17.8 Å². The fourth-order valence-electron chi connectivity index (χ4n) is 2.76. The first-order valence-corrected chi connectivity index (χ1v) is 7.47. The van der Waals surface area contributed by atoms with Crippen molar-refractivity contribution in [1.29, 1.82) is 0 Å². The lowest BCUT2D eigenvalue weighted by molar-refractivity contribution is 0.230. The second-order valence-corrected chi connectivity index (χ2v) is 6.06. The minimum Gasteiger partial charge on any atom is -0.270 e. The average molecular weight is 273 g/mol. The summed E-state index contributed by atoms with van der Waals surface area (Å²) in [6, 6.07) is 0. The fourth-order valence-corrected chi connectivity index (χ4v) is 3.33. The first kappa shape index (κ1) is 13.3. The normalized spacial score (nSPS) is 20.2. The summed E-state index contributed by atoms with van der Waals surface area (Å²) in [5.41, 5.74) is 1.25. The van der Waals surface area contributed by atoms with Crippen LogP contribution in [0.15, 0.2) is 6.20 Å². The van der Waals surface area contributed by atoms with Gasteiger partial charge in [0.2, 0.25) is 0 Å². The Kier molecular flexibility index (Phi) is 4.42. The molecule has 0 spiro atoms. The largest absolute Gasteiger partial charge is 0.270 e. The summed E-state index contributed by atoms with van der Waals surface area (Å²) in [5, 5.41) is 5.25. The highest BCUT2D eigenvalue weighted by Gasteiger charge is 2.30. The maximum absolute atomic E-state index is 6.07. The van der Waals surface area contributed by atoms with E-state index in [1.165, 1.54) is 38.5 Å². The van der Waals surface area contributed by atoms with Crippen LogP contribution >= 0.6 is 24.2 Å². The van der Waals surface area contributed by atoms with Crippen molar-refractivity contribution < 1.29 is 0 Å². The van der Waals surface area contributed by atoms with Gasteiger partial charge in [0.25, 0.3) is 0 Å². The van der Waals surface area contributed by atoms with Gasteiger partial charge >= 0.3 is 0 Å². The third-order valence-corrected chi connectivity index (χ3v) is 4.93. The monoisotopic (exact) mass is 272 g/mol. The third kappa shape index (κ3) is 3.19. The second-order valence-electron chi connectivity index (χ2n) is 5.33. The Morgan fingerprint density at radius 1 is 1.35 bits per heavy atom. The van der Waals surface area contributed by atoms with Crippen molar-refractivity contribution in [2.24, 2.45) is 5.41 Å². The molecule has 0 radical (unpaired) electrons. The maximum atomic E-state index is 6.07. The minimum absolute atomic E-state index is 0.321. The highest BCUT2D eigenvalue weighted by atomic mass is 35.5. The van der Waals surface area contributed by atoms with Crippen molar-refractivity contribution >= 4 is 24.2 Å². The van der Waals surface area contributed by atoms with Crippen LogP contribution in [0.25, 0.3) is 0 Å². The highest BCUT2D eigenvalue weighted by molar-refractivity contribution is 7.80. The molecule has 0 aliphatic heterocycles. The molecule has 1 aliphatic rings. The maximum Gasteiger partial charge on any atom is 0.0814 e. The van der Waals surface area contributed by atoms with Gasteiger partial charge in [-0.2, -0.15) is 17.7 Å². The number of rotatable bonds is 3. The summed E-state index contributed by atoms with van der Waals surface area (Å²) < 4.78 is 2.01. The Morgan fingerprint density at radius 2 is 2.00 bits per heavy atom. The molecule has 0 bridgehead atoms. The van der Waals surface area contributed by atoms with Crippen LogP contribution < -0.4 is 0 Å². The summed E-state index contributed by atoms with van der Waals surface area (Å²) in [7, 11) is 0. The Balaban J connectivity index is 2.12. The Morgan fingerprint density at radius 3 is 2.47 bits per heavy atom. The number of aromatic nitrogens is 2. The lowest BCUT2D eigenvalue weighted by Crippen LogP contribution is -2.28. The summed E-state index contributed by atoms with van der Waals surface area (Å²) in [6.07, 6.45) is 9.89. The van der Waals surface area contributed by atoms with Crippen molar-refractivity contribution in [3.05, 3.63) is 16.9 Å². The number of hydrogen-bond acceptors (Lipinski definition) is 2. The van der Waals surface area contributed by atoms with Gasteiger partial charge in [-0.05, 0) is 30.9 Å². The van der Waals surface area contributed by atoms with E-state index in [1.54, 1.807) is 0 Å². The molecule has 1 aliphatic carbocycles. The standard InChI is InChI=1S/C13H21ClN2S/c1-11-12(14)8-16(15-11)9-13(10-17)6-4-2-3-5-7-13/h8,17H,2-7,9-10H2,1H3. The van der Waals surface area contributed by atoms with Crippen LogP contribution in [0.4, 0.5) is 0 Å². The van der Waals surface area contributed by atoms with Crippen molar-refractivity contribution in [3.8, 4) is 0 Å². The molecule has 0 unspecified atom stereocenters. The minimum atomic E-state index is 0.321. The zero-order valence-electron chi connectivity index (χ0n) is 10.5. The Hall–Kier alpha value is -0.150. The fraction of sp³-hybridized carbons (Fsp3) is 0.769. The third-order valence-electron chi connectivity index (χ3n) is 3.88. The molecule has 4 heteroatoms. The van der Waals surface area contributed by atoms with E-state index in [4.69, 9.17) is 11.6 Å². The van der Waals surface area contributed by atoms with Crippen molar-refractivity contribution in [1.82, 2.24) is 9.78 Å². The number of halogens is 1. The van der Waals surface area contributed by atoms with E-state index in [9.17, 15) is 0 Å². The first-order chi connectivity index (χ1) is 8.15. The molecule has 1 fully saturated rings. The summed E-state index contributed by atoms with van der Waals surface area (Å²) >= 11 is 10.7. The van der Waals surface area contributed by atoms with Crippen LogP contribution in [0.3, 0.4) is 0 Å². The summed E-state index contributed by atoms with van der Waals surface area (Å²) in [6.45, 7) is 2.92. The van der Waals surface area contributed by atoms with Crippen LogP contribution in [0, 0.1) is 12.3 Å². The lowest BCUT2D eigenvalue weighted by atomic mass is 9.82. The van der Waals surface area contributed by atoms with E-state index in [0.717, 1.165) is 23.0 Å². The van der Waals surface area contributed by atoms with E-state index in [-0.39, 0.29) is 0 Å². The molecule has 17 heavy (non-hydrogen) atoms. The Labute approximate surface area is 114 Å². The number of hydrogen-bond donors (Lipinski definition) is 1. The lowest BCUT2D eigenvalue weighted by Gasteiger charge is -2.31. The van der Waals surface area contributed by atoms with Crippen LogP contribution in [0.1, 0.15) is 44.2 Å². The van der Waals surface area contributed by atoms with Gasteiger partial charge < -0.3 is 0 Å². The van der Waals surface area contributed by atoms with Gasteiger partial charge in [-0.25, -0.2) is 0 Å². The number of aryl methyl sites for hydroxylation is 1. The quantitative estimate of drug-likeness (QED) is 0.647. The smallest absolute Gasteiger partial charge is 0.0814 e.